The second-order valence-electron chi connectivity index (χ2n) is 3.57. The highest BCUT2D eigenvalue weighted by Gasteiger charge is 2.24. The molecule has 1 saturated heterocycles. The molecule has 16 heavy (non-hydrogen) atoms. The maximum absolute atomic E-state index is 13.3. The first-order valence-corrected chi connectivity index (χ1v) is 4.99. The molecule has 5 heteroatoms. The number of hydrogen-bond donors (Lipinski definition) is 1. The van der Waals surface area contributed by atoms with Gasteiger partial charge < -0.3 is 10.1 Å². The Bertz CT molecular complexity index is 403. The predicted octanol–water partition coefficient (Wildman–Crippen LogP) is 1.14. The first-order valence-electron chi connectivity index (χ1n) is 4.99. The summed E-state index contributed by atoms with van der Waals surface area (Å²) in [7, 11) is 0. The molecule has 0 aliphatic carbocycles. The highest BCUT2D eigenvalue weighted by Crippen LogP contribution is 2.12. The Balaban J connectivity index is 2.19. The molecule has 86 valence electrons. The van der Waals surface area contributed by atoms with Crippen LogP contribution in [0.5, 0.6) is 0 Å². The van der Waals surface area contributed by atoms with Crippen molar-refractivity contribution in [2.24, 2.45) is 0 Å². The zero-order valence-electron chi connectivity index (χ0n) is 8.50. The average Bonchev–Trinajstić information content (AvgIpc) is 2.29. The van der Waals surface area contributed by atoms with Crippen LogP contribution < -0.4 is 5.32 Å². The quantitative estimate of drug-likeness (QED) is 0.770. The van der Waals surface area contributed by atoms with Crippen molar-refractivity contribution in [1.82, 2.24) is 5.32 Å². The first kappa shape index (κ1) is 11.2. The topological polar surface area (TPSA) is 38.3 Å². The standard InChI is InChI=1S/C11H11F2NO2/c12-7-1-2-8(9(13)5-7)11(15)10-6-16-4-3-14-10/h1-2,5,10,14H,3-4,6H2. The second-order valence-corrected chi connectivity index (χ2v) is 3.57. The van der Waals surface area contributed by atoms with Crippen LogP contribution in [0, 0.1) is 11.6 Å². The molecule has 3 nitrogen and oxygen atoms in total. The molecule has 1 aromatic carbocycles. The molecule has 2 rings (SSSR count). The van der Waals surface area contributed by atoms with E-state index in [1.165, 1.54) is 0 Å². The summed E-state index contributed by atoms with van der Waals surface area (Å²) < 4.78 is 31.1. The number of hydrogen-bond acceptors (Lipinski definition) is 3. The van der Waals surface area contributed by atoms with Gasteiger partial charge in [-0.15, -0.1) is 0 Å². The minimum absolute atomic E-state index is 0.107. The molecule has 1 unspecified atom stereocenters. The summed E-state index contributed by atoms with van der Waals surface area (Å²) in [4.78, 5) is 11.8. The largest absolute Gasteiger partial charge is 0.378 e. The molecule has 1 aromatic rings. The van der Waals surface area contributed by atoms with Crippen LogP contribution in [-0.2, 0) is 4.74 Å². The van der Waals surface area contributed by atoms with Crippen molar-refractivity contribution in [2.45, 2.75) is 6.04 Å². The highest BCUT2D eigenvalue weighted by molar-refractivity contribution is 6.00. The van der Waals surface area contributed by atoms with Crippen molar-refractivity contribution in [3.05, 3.63) is 35.4 Å². The van der Waals surface area contributed by atoms with Crippen molar-refractivity contribution >= 4 is 5.78 Å². The number of nitrogens with one attached hydrogen (secondary N) is 1. The summed E-state index contributed by atoms with van der Waals surface area (Å²) in [6.45, 7) is 1.31. The maximum atomic E-state index is 13.3. The van der Waals surface area contributed by atoms with Gasteiger partial charge in [-0.1, -0.05) is 0 Å². The summed E-state index contributed by atoms with van der Waals surface area (Å²) in [5.74, 6) is -1.93. The number of ketones is 1. The molecule has 1 aliphatic heterocycles. The molecule has 1 fully saturated rings. The van der Waals surface area contributed by atoms with Gasteiger partial charge in [0.15, 0.2) is 5.78 Å². The lowest BCUT2D eigenvalue weighted by Gasteiger charge is -2.22. The summed E-state index contributed by atoms with van der Waals surface area (Å²) in [5, 5.41) is 2.92. The molecule has 1 aliphatic rings. The predicted molar refractivity (Wildman–Crippen MR) is 53.3 cm³/mol. The molecular formula is C11H11F2NO2. The Kier molecular flexibility index (Phi) is 3.26. The molecule has 0 bridgehead atoms. The lowest BCUT2D eigenvalue weighted by Crippen LogP contribution is -2.46. The van der Waals surface area contributed by atoms with Crippen molar-refractivity contribution in [3.63, 3.8) is 0 Å². The molecule has 0 amide bonds. The van der Waals surface area contributed by atoms with Crippen molar-refractivity contribution < 1.29 is 18.3 Å². The first-order chi connectivity index (χ1) is 7.68. The molecule has 0 radical (unpaired) electrons. The number of ether oxygens (including phenoxy) is 1. The maximum Gasteiger partial charge on any atom is 0.185 e. The minimum atomic E-state index is -0.836. The lowest BCUT2D eigenvalue weighted by molar-refractivity contribution is 0.0605. The molecular weight excluding hydrogens is 216 g/mol. The molecule has 1 N–H and O–H groups in total. The van der Waals surface area contributed by atoms with Gasteiger partial charge in [0, 0.05) is 12.6 Å². The number of halogens is 2. The van der Waals surface area contributed by atoms with E-state index in [0.717, 1.165) is 12.1 Å². The normalized spacial score (nSPS) is 20.8. The van der Waals surface area contributed by atoms with Crippen molar-refractivity contribution in [3.8, 4) is 0 Å². The third-order valence-electron chi connectivity index (χ3n) is 2.43. The fourth-order valence-corrected chi connectivity index (χ4v) is 1.61. The van der Waals surface area contributed by atoms with E-state index in [1.54, 1.807) is 0 Å². The third-order valence-corrected chi connectivity index (χ3v) is 2.43. The smallest absolute Gasteiger partial charge is 0.185 e. The van der Waals surface area contributed by atoms with E-state index in [0.29, 0.717) is 19.2 Å². The van der Waals surface area contributed by atoms with Crippen LogP contribution in [0.15, 0.2) is 18.2 Å². The SMILES string of the molecule is O=C(c1ccc(F)cc1F)C1COCCN1. The van der Waals surface area contributed by atoms with E-state index in [4.69, 9.17) is 4.74 Å². The van der Waals surface area contributed by atoms with E-state index in [9.17, 15) is 13.6 Å². The number of carbonyl (C=O) groups is 1. The van der Waals surface area contributed by atoms with Crippen molar-refractivity contribution in [2.75, 3.05) is 19.8 Å². The summed E-state index contributed by atoms with van der Waals surface area (Å²) in [5.41, 5.74) is -0.107. The zero-order chi connectivity index (χ0) is 11.5. The Labute approximate surface area is 91.4 Å². The number of morpholine rings is 1. The Hall–Kier alpha value is -1.33. The van der Waals surface area contributed by atoms with Crippen LogP contribution in [0.1, 0.15) is 10.4 Å². The van der Waals surface area contributed by atoms with E-state index in [1.807, 2.05) is 0 Å². The van der Waals surface area contributed by atoms with Gasteiger partial charge in [0.1, 0.15) is 11.6 Å². The van der Waals surface area contributed by atoms with Crippen LogP contribution in [0.4, 0.5) is 8.78 Å². The van der Waals surface area contributed by atoms with E-state index >= 15 is 0 Å². The van der Waals surface area contributed by atoms with Gasteiger partial charge in [0.25, 0.3) is 0 Å². The Morgan fingerprint density at radius 3 is 2.88 bits per heavy atom. The molecule has 0 saturated carbocycles. The Morgan fingerprint density at radius 1 is 1.44 bits per heavy atom. The van der Waals surface area contributed by atoms with Gasteiger partial charge in [0.05, 0.1) is 24.8 Å². The summed E-state index contributed by atoms with van der Waals surface area (Å²) in [6.07, 6.45) is 0. The monoisotopic (exact) mass is 227 g/mol. The van der Waals surface area contributed by atoms with Gasteiger partial charge in [-0.2, -0.15) is 0 Å². The van der Waals surface area contributed by atoms with Crippen LogP contribution in [-0.4, -0.2) is 31.6 Å². The number of Topliss-reactive ketones (excluding diaryl/α,β-unsaturated/α-hetero) is 1. The van der Waals surface area contributed by atoms with Gasteiger partial charge in [-0.25, -0.2) is 8.78 Å². The van der Waals surface area contributed by atoms with Crippen molar-refractivity contribution in [1.29, 1.82) is 0 Å². The molecule has 1 atom stereocenters. The lowest BCUT2D eigenvalue weighted by atomic mass is 10.0. The molecule has 0 spiro atoms. The van der Waals surface area contributed by atoms with Crippen LogP contribution in [0.3, 0.4) is 0 Å². The number of rotatable bonds is 2. The molecule has 0 aromatic heterocycles. The van der Waals surface area contributed by atoms with E-state index in [-0.39, 0.29) is 12.2 Å². The van der Waals surface area contributed by atoms with Gasteiger partial charge in [-0.05, 0) is 12.1 Å². The van der Waals surface area contributed by atoms with Gasteiger partial charge >= 0.3 is 0 Å². The van der Waals surface area contributed by atoms with E-state index < -0.39 is 23.5 Å². The fourth-order valence-electron chi connectivity index (χ4n) is 1.61. The van der Waals surface area contributed by atoms with Crippen LogP contribution in [0.25, 0.3) is 0 Å². The van der Waals surface area contributed by atoms with Crippen LogP contribution >= 0.6 is 0 Å². The van der Waals surface area contributed by atoms with Gasteiger partial charge in [0.2, 0.25) is 0 Å². The third kappa shape index (κ3) is 2.25. The number of carbonyl (C=O) groups excluding carboxylic acids is 1. The Morgan fingerprint density at radius 2 is 2.25 bits per heavy atom. The van der Waals surface area contributed by atoms with Crippen LogP contribution in [0.2, 0.25) is 0 Å². The highest BCUT2D eigenvalue weighted by atomic mass is 19.1. The minimum Gasteiger partial charge on any atom is -0.378 e. The summed E-state index contributed by atoms with van der Waals surface area (Å²) >= 11 is 0. The second kappa shape index (κ2) is 4.67. The molecule has 1 heterocycles. The van der Waals surface area contributed by atoms with Gasteiger partial charge in [-0.3, -0.25) is 4.79 Å². The summed E-state index contributed by atoms with van der Waals surface area (Å²) in [6, 6.07) is 2.38. The van der Waals surface area contributed by atoms with E-state index in [2.05, 4.69) is 5.32 Å². The fraction of sp³-hybridized carbons (Fsp3) is 0.364. The zero-order valence-corrected chi connectivity index (χ0v) is 8.50. The average molecular weight is 227 g/mol. The number of benzene rings is 1.